The van der Waals surface area contributed by atoms with Crippen LogP contribution >= 0.6 is 0 Å². The van der Waals surface area contributed by atoms with Gasteiger partial charge in [-0.1, -0.05) is 0 Å². The van der Waals surface area contributed by atoms with Gasteiger partial charge in [0.25, 0.3) is 5.56 Å². The molecule has 0 unspecified atom stereocenters. The minimum absolute atomic E-state index is 0.0850. The molecule has 1 heterocycles. The number of rotatable bonds is 3. The van der Waals surface area contributed by atoms with Gasteiger partial charge in [0, 0.05) is 17.7 Å². The summed E-state index contributed by atoms with van der Waals surface area (Å²) in [5.41, 5.74) is 1.99. The van der Waals surface area contributed by atoms with Crippen molar-refractivity contribution < 1.29 is 9.85 Å². The van der Waals surface area contributed by atoms with Crippen molar-refractivity contribution in [2.45, 2.75) is 0 Å². The van der Waals surface area contributed by atoms with Crippen LogP contribution < -0.4 is 11.3 Å². The number of pyridine rings is 1. The zero-order valence-electron chi connectivity index (χ0n) is 11.6. The summed E-state index contributed by atoms with van der Waals surface area (Å²) in [7, 11) is 0. The van der Waals surface area contributed by atoms with Gasteiger partial charge in [-0.2, -0.15) is 10.5 Å². The van der Waals surface area contributed by atoms with Crippen molar-refractivity contribution in [3.05, 3.63) is 59.9 Å². The number of H-pyrrole nitrogens is 1. The first kappa shape index (κ1) is 16.1. The molecule has 0 fully saturated rings. The second kappa shape index (κ2) is 5.86. The van der Waals surface area contributed by atoms with E-state index in [4.69, 9.17) is 11.0 Å². The molecule has 1 aromatic heterocycles. The molecule has 3 N–H and O–H groups in total. The second-order valence-corrected chi connectivity index (χ2v) is 4.43. The maximum atomic E-state index is 11.8. The largest absolute Gasteiger partial charge is 0.384 e. The average molecular weight is 326 g/mol. The van der Waals surface area contributed by atoms with Crippen molar-refractivity contribution >= 4 is 17.2 Å². The predicted molar refractivity (Wildman–Crippen MR) is 79.6 cm³/mol. The number of hydrogen-bond acceptors (Lipinski definition) is 8. The molecule has 2 rings (SSSR count). The van der Waals surface area contributed by atoms with E-state index >= 15 is 0 Å². The summed E-state index contributed by atoms with van der Waals surface area (Å²) in [4.78, 5) is 33.9. The van der Waals surface area contributed by atoms with Crippen LogP contribution in [0.1, 0.15) is 11.1 Å². The van der Waals surface area contributed by atoms with E-state index < -0.39 is 32.3 Å². The monoisotopic (exact) mass is 326 g/mol. The summed E-state index contributed by atoms with van der Waals surface area (Å²) in [6.07, 6.45) is 0. The standard InChI is InChI=1S/C13H6N6O5/c14-4-7-11(8(5-15)13(20)17-12(7)16)6-1-2-9(18(21)22)10(3-6)19(23)24/h1-3H,(H3,16,17,20). The average Bonchev–Trinajstić information content (AvgIpc) is 2.53. The van der Waals surface area contributed by atoms with Crippen LogP contribution in [-0.4, -0.2) is 14.8 Å². The number of anilines is 1. The molecule has 0 saturated heterocycles. The maximum Gasteiger partial charge on any atom is 0.346 e. The predicted octanol–water partition coefficient (Wildman–Crippen LogP) is 1.18. The maximum absolute atomic E-state index is 11.8. The fraction of sp³-hybridized carbons (Fsp3) is 0. The van der Waals surface area contributed by atoms with Crippen LogP contribution in [0.3, 0.4) is 0 Å². The van der Waals surface area contributed by atoms with Crippen LogP contribution in [0.15, 0.2) is 23.0 Å². The molecule has 0 aliphatic carbocycles. The highest BCUT2D eigenvalue weighted by atomic mass is 16.6. The normalized spacial score (nSPS) is 9.75. The molecule has 2 aromatic rings. The number of nitro benzene ring substituents is 2. The fourth-order valence-electron chi connectivity index (χ4n) is 2.11. The lowest BCUT2D eigenvalue weighted by atomic mass is 9.96. The molecule has 24 heavy (non-hydrogen) atoms. The Balaban J connectivity index is 2.93. The quantitative estimate of drug-likeness (QED) is 0.619. The number of nitrogens with one attached hydrogen (secondary N) is 1. The highest BCUT2D eigenvalue weighted by molar-refractivity contribution is 5.82. The number of nitro groups is 2. The summed E-state index contributed by atoms with van der Waals surface area (Å²) >= 11 is 0. The molecule has 0 atom stereocenters. The van der Waals surface area contributed by atoms with Gasteiger partial charge in [0.05, 0.1) is 9.85 Å². The molecular formula is C13H6N6O5. The van der Waals surface area contributed by atoms with E-state index in [2.05, 4.69) is 4.98 Å². The number of benzene rings is 1. The summed E-state index contributed by atoms with van der Waals surface area (Å²) in [5.74, 6) is -0.322. The van der Waals surface area contributed by atoms with E-state index in [0.29, 0.717) is 0 Å². The van der Waals surface area contributed by atoms with Crippen molar-refractivity contribution in [3.63, 3.8) is 0 Å². The number of nitrogen functional groups attached to an aromatic ring is 1. The molecule has 0 spiro atoms. The van der Waals surface area contributed by atoms with Gasteiger partial charge >= 0.3 is 11.4 Å². The van der Waals surface area contributed by atoms with E-state index in [1.165, 1.54) is 0 Å². The first-order valence-electron chi connectivity index (χ1n) is 6.11. The Labute approximate surface area is 132 Å². The number of nitrogens with two attached hydrogens (primary N) is 1. The Kier molecular flexibility index (Phi) is 3.94. The van der Waals surface area contributed by atoms with Gasteiger partial charge in [-0.05, 0) is 11.6 Å². The lowest BCUT2D eigenvalue weighted by molar-refractivity contribution is -0.422. The third-order valence-electron chi connectivity index (χ3n) is 3.13. The van der Waals surface area contributed by atoms with Gasteiger partial charge in [0.1, 0.15) is 29.1 Å². The third-order valence-corrected chi connectivity index (χ3v) is 3.13. The van der Waals surface area contributed by atoms with Crippen LogP contribution in [-0.2, 0) is 0 Å². The molecule has 118 valence electrons. The van der Waals surface area contributed by atoms with Crippen LogP contribution in [0, 0.1) is 42.9 Å². The molecule has 0 amide bonds. The number of aromatic nitrogens is 1. The lowest BCUT2D eigenvalue weighted by Gasteiger charge is -2.08. The van der Waals surface area contributed by atoms with E-state index in [-0.39, 0.29) is 22.5 Å². The fourth-order valence-corrected chi connectivity index (χ4v) is 2.11. The van der Waals surface area contributed by atoms with Crippen molar-refractivity contribution in [2.75, 3.05) is 5.73 Å². The van der Waals surface area contributed by atoms with E-state index in [0.717, 1.165) is 18.2 Å². The Hall–Kier alpha value is -4.25. The van der Waals surface area contributed by atoms with Gasteiger partial charge < -0.3 is 10.7 Å². The van der Waals surface area contributed by atoms with Gasteiger partial charge in [-0.3, -0.25) is 25.0 Å². The number of nitriles is 2. The smallest absolute Gasteiger partial charge is 0.346 e. The Morgan fingerprint density at radius 1 is 1.04 bits per heavy atom. The van der Waals surface area contributed by atoms with Gasteiger partial charge in [-0.15, -0.1) is 0 Å². The molecule has 11 nitrogen and oxygen atoms in total. The molecule has 11 heteroatoms. The molecule has 0 radical (unpaired) electrons. The van der Waals surface area contributed by atoms with E-state index in [1.54, 1.807) is 12.1 Å². The number of nitrogens with zero attached hydrogens (tertiary/aromatic N) is 4. The zero-order valence-corrected chi connectivity index (χ0v) is 11.6. The van der Waals surface area contributed by atoms with Crippen LogP contribution in [0.4, 0.5) is 17.2 Å². The van der Waals surface area contributed by atoms with Crippen LogP contribution in [0.5, 0.6) is 0 Å². The summed E-state index contributed by atoms with van der Waals surface area (Å²) in [6, 6.07) is 6.06. The molecule has 0 bridgehead atoms. The zero-order chi connectivity index (χ0) is 18.0. The van der Waals surface area contributed by atoms with E-state index in [1.807, 2.05) is 0 Å². The van der Waals surface area contributed by atoms with Crippen molar-refractivity contribution in [1.82, 2.24) is 4.98 Å². The molecule has 0 aliphatic rings. The summed E-state index contributed by atoms with van der Waals surface area (Å²) in [6.45, 7) is 0. The lowest BCUT2D eigenvalue weighted by Crippen LogP contribution is -2.16. The second-order valence-electron chi connectivity index (χ2n) is 4.43. The minimum atomic E-state index is -0.976. The first-order chi connectivity index (χ1) is 11.3. The summed E-state index contributed by atoms with van der Waals surface area (Å²) < 4.78 is 0. The molecule has 1 aromatic carbocycles. The van der Waals surface area contributed by atoms with Gasteiger partial charge in [0.2, 0.25) is 0 Å². The highest BCUT2D eigenvalue weighted by Crippen LogP contribution is 2.35. The van der Waals surface area contributed by atoms with E-state index in [9.17, 15) is 30.3 Å². The van der Waals surface area contributed by atoms with Gasteiger partial charge in [0.15, 0.2) is 0 Å². The minimum Gasteiger partial charge on any atom is -0.384 e. The van der Waals surface area contributed by atoms with Crippen molar-refractivity contribution in [1.29, 1.82) is 10.5 Å². The van der Waals surface area contributed by atoms with Crippen molar-refractivity contribution in [2.24, 2.45) is 0 Å². The first-order valence-corrected chi connectivity index (χ1v) is 6.11. The highest BCUT2D eigenvalue weighted by Gasteiger charge is 2.27. The van der Waals surface area contributed by atoms with Crippen molar-refractivity contribution in [3.8, 4) is 23.3 Å². The Morgan fingerprint density at radius 3 is 2.12 bits per heavy atom. The van der Waals surface area contributed by atoms with Gasteiger partial charge in [-0.25, -0.2) is 0 Å². The SMILES string of the molecule is N#Cc1c(N)[nH]c(=O)c(C#N)c1-c1ccc([N+](=O)[O-])c([N+](=O)[O-])c1. The van der Waals surface area contributed by atoms with Crippen LogP contribution in [0.25, 0.3) is 11.1 Å². The molecule has 0 aliphatic heterocycles. The molecule has 0 saturated carbocycles. The Morgan fingerprint density at radius 2 is 1.62 bits per heavy atom. The third kappa shape index (κ3) is 2.49. The number of aromatic amines is 1. The van der Waals surface area contributed by atoms with Crippen LogP contribution in [0.2, 0.25) is 0 Å². The Bertz CT molecular complexity index is 1030. The molecular weight excluding hydrogens is 320 g/mol. The topological polar surface area (TPSA) is 193 Å². The summed E-state index contributed by atoms with van der Waals surface area (Å²) in [5, 5.41) is 40.2. The number of hydrogen-bond donors (Lipinski definition) is 2.